The van der Waals surface area contributed by atoms with E-state index in [9.17, 15) is 4.79 Å². The summed E-state index contributed by atoms with van der Waals surface area (Å²) in [4.78, 5) is 13.9. The molecule has 1 aliphatic rings. The maximum Gasteiger partial charge on any atom is 0.239 e. The molecule has 1 amide bonds. The van der Waals surface area contributed by atoms with E-state index >= 15 is 0 Å². The van der Waals surface area contributed by atoms with Crippen LogP contribution in [0.15, 0.2) is 0 Å². The second kappa shape index (κ2) is 9.30. The molecule has 1 heterocycles. The third kappa shape index (κ3) is 5.80. The third-order valence-corrected chi connectivity index (χ3v) is 3.03. The zero-order valence-electron chi connectivity index (χ0n) is 11.6. The average molecular weight is 258 g/mol. The minimum absolute atomic E-state index is 0.141. The summed E-state index contributed by atoms with van der Waals surface area (Å²) in [6, 6.07) is -0.141. The van der Waals surface area contributed by atoms with Crippen LogP contribution in [0, 0.1) is 0 Å². The van der Waals surface area contributed by atoms with E-state index in [1.807, 2.05) is 11.8 Å². The second-order valence-corrected chi connectivity index (χ2v) is 4.58. The number of hydrogen-bond donors (Lipinski definition) is 1. The molecule has 0 aliphatic carbocycles. The molecule has 1 atom stereocenters. The fourth-order valence-corrected chi connectivity index (χ4v) is 1.84. The van der Waals surface area contributed by atoms with Crippen LogP contribution in [0.5, 0.6) is 0 Å². The minimum Gasteiger partial charge on any atom is -0.380 e. The van der Waals surface area contributed by atoms with E-state index < -0.39 is 0 Å². The molecule has 0 aromatic heterocycles. The van der Waals surface area contributed by atoms with Crippen molar-refractivity contribution in [1.29, 1.82) is 0 Å². The number of ether oxygens (including phenoxy) is 2. The summed E-state index contributed by atoms with van der Waals surface area (Å²) in [6.45, 7) is 8.97. The SMILES string of the molecule is CCCCOCCNC(C)C(=O)N1CCOCC1. The summed E-state index contributed by atoms with van der Waals surface area (Å²) in [5.41, 5.74) is 0. The van der Waals surface area contributed by atoms with E-state index in [-0.39, 0.29) is 11.9 Å². The largest absolute Gasteiger partial charge is 0.380 e. The first-order valence-electron chi connectivity index (χ1n) is 6.93. The normalized spacial score (nSPS) is 17.8. The molecule has 5 heteroatoms. The van der Waals surface area contributed by atoms with Crippen molar-refractivity contribution < 1.29 is 14.3 Å². The Bertz CT molecular complexity index is 230. The van der Waals surface area contributed by atoms with E-state index in [4.69, 9.17) is 9.47 Å². The number of morpholine rings is 1. The third-order valence-electron chi connectivity index (χ3n) is 3.03. The van der Waals surface area contributed by atoms with Crippen LogP contribution in [0.4, 0.5) is 0 Å². The summed E-state index contributed by atoms with van der Waals surface area (Å²) in [7, 11) is 0. The molecule has 0 radical (unpaired) electrons. The molecule has 1 saturated heterocycles. The zero-order chi connectivity index (χ0) is 13.2. The molecule has 1 N–H and O–H groups in total. The number of hydrogen-bond acceptors (Lipinski definition) is 4. The van der Waals surface area contributed by atoms with Gasteiger partial charge in [-0.25, -0.2) is 0 Å². The predicted octanol–water partition coefficient (Wildman–Crippen LogP) is 0.640. The molecule has 0 aromatic carbocycles. The highest BCUT2D eigenvalue weighted by atomic mass is 16.5. The van der Waals surface area contributed by atoms with E-state index in [1.165, 1.54) is 0 Å². The number of carbonyl (C=O) groups excluding carboxylic acids is 1. The molecule has 1 rings (SSSR count). The summed E-state index contributed by atoms with van der Waals surface area (Å²) in [6.07, 6.45) is 2.25. The highest BCUT2D eigenvalue weighted by Crippen LogP contribution is 2.00. The van der Waals surface area contributed by atoms with Crippen LogP contribution in [0.3, 0.4) is 0 Å². The molecule has 1 aliphatic heterocycles. The first-order chi connectivity index (χ1) is 8.75. The number of nitrogens with zero attached hydrogens (tertiary/aromatic N) is 1. The Hall–Kier alpha value is -0.650. The van der Waals surface area contributed by atoms with Gasteiger partial charge >= 0.3 is 0 Å². The van der Waals surface area contributed by atoms with Gasteiger partial charge < -0.3 is 19.7 Å². The van der Waals surface area contributed by atoms with Crippen LogP contribution in [0.1, 0.15) is 26.7 Å². The van der Waals surface area contributed by atoms with Gasteiger partial charge in [-0.2, -0.15) is 0 Å². The quantitative estimate of drug-likeness (QED) is 0.649. The molecular weight excluding hydrogens is 232 g/mol. The second-order valence-electron chi connectivity index (χ2n) is 4.58. The van der Waals surface area contributed by atoms with Gasteiger partial charge in [0.15, 0.2) is 0 Å². The Morgan fingerprint density at radius 1 is 1.39 bits per heavy atom. The van der Waals surface area contributed by atoms with Crippen LogP contribution >= 0.6 is 0 Å². The van der Waals surface area contributed by atoms with Crippen LogP contribution in [-0.4, -0.2) is 62.9 Å². The fourth-order valence-electron chi connectivity index (χ4n) is 1.84. The monoisotopic (exact) mass is 258 g/mol. The van der Waals surface area contributed by atoms with Crippen molar-refractivity contribution in [2.45, 2.75) is 32.7 Å². The van der Waals surface area contributed by atoms with Gasteiger partial charge in [0.2, 0.25) is 5.91 Å². The van der Waals surface area contributed by atoms with Crippen molar-refractivity contribution in [1.82, 2.24) is 10.2 Å². The lowest BCUT2D eigenvalue weighted by molar-refractivity contribution is -0.137. The number of carbonyl (C=O) groups is 1. The van der Waals surface area contributed by atoms with Crippen molar-refractivity contribution in [3.63, 3.8) is 0 Å². The van der Waals surface area contributed by atoms with Crippen molar-refractivity contribution in [3.8, 4) is 0 Å². The number of unbranched alkanes of at least 4 members (excludes halogenated alkanes) is 1. The standard InChI is InChI=1S/C13H26N2O3/c1-3-4-8-17-9-5-14-12(2)13(16)15-6-10-18-11-7-15/h12,14H,3-11H2,1-2H3. The van der Waals surface area contributed by atoms with Gasteiger partial charge in [-0.05, 0) is 13.3 Å². The van der Waals surface area contributed by atoms with Gasteiger partial charge in [0.1, 0.15) is 0 Å². The molecular formula is C13H26N2O3. The summed E-state index contributed by atoms with van der Waals surface area (Å²) in [5.74, 6) is 0.159. The molecule has 1 fully saturated rings. The van der Waals surface area contributed by atoms with Gasteiger partial charge in [0, 0.05) is 26.2 Å². The Balaban J connectivity index is 2.07. The maximum atomic E-state index is 12.0. The predicted molar refractivity (Wildman–Crippen MR) is 70.6 cm³/mol. The number of amides is 1. The number of nitrogens with one attached hydrogen (secondary N) is 1. The van der Waals surface area contributed by atoms with E-state index in [0.29, 0.717) is 32.9 Å². The summed E-state index contributed by atoms with van der Waals surface area (Å²) in [5, 5.41) is 3.20. The van der Waals surface area contributed by atoms with Crippen LogP contribution in [0.2, 0.25) is 0 Å². The Morgan fingerprint density at radius 3 is 2.78 bits per heavy atom. The Morgan fingerprint density at radius 2 is 2.11 bits per heavy atom. The Kier molecular flexibility index (Phi) is 7.96. The van der Waals surface area contributed by atoms with Crippen molar-refractivity contribution in [2.24, 2.45) is 0 Å². The number of rotatable bonds is 8. The molecule has 18 heavy (non-hydrogen) atoms. The molecule has 0 saturated carbocycles. The summed E-state index contributed by atoms with van der Waals surface area (Å²) >= 11 is 0. The highest BCUT2D eigenvalue weighted by Gasteiger charge is 2.21. The van der Waals surface area contributed by atoms with E-state index in [1.54, 1.807) is 0 Å². The summed E-state index contributed by atoms with van der Waals surface area (Å²) < 4.78 is 10.7. The molecule has 0 spiro atoms. The first kappa shape index (κ1) is 15.4. The van der Waals surface area contributed by atoms with Crippen LogP contribution in [-0.2, 0) is 14.3 Å². The molecule has 1 unspecified atom stereocenters. The fraction of sp³-hybridized carbons (Fsp3) is 0.923. The maximum absolute atomic E-state index is 12.0. The van der Waals surface area contributed by atoms with Gasteiger partial charge in [0.25, 0.3) is 0 Å². The van der Waals surface area contributed by atoms with Crippen molar-refractivity contribution in [3.05, 3.63) is 0 Å². The lowest BCUT2D eigenvalue weighted by atomic mass is 10.2. The molecule has 106 valence electrons. The highest BCUT2D eigenvalue weighted by molar-refractivity contribution is 5.81. The van der Waals surface area contributed by atoms with Crippen LogP contribution < -0.4 is 5.32 Å². The van der Waals surface area contributed by atoms with Gasteiger partial charge in [0.05, 0.1) is 25.9 Å². The first-order valence-corrected chi connectivity index (χ1v) is 6.93. The minimum atomic E-state index is -0.141. The van der Waals surface area contributed by atoms with Crippen molar-refractivity contribution >= 4 is 5.91 Å². The van der Waals surface area contributed by atoms with E-state index in [2.05, 4.69) is 12.2 Å². The smallest absolute Gasteiger partial charge is 0.239 e. The van der Waals surface area contributed by atoms with Gasteiger partial charge in [-0.15, -0.1) is 0 Å². The van der Waals surface area contributed by atoms with Gasteiger partial charge in [-0.3, -0.25) is 4.79 Å². The topological polar surface area (TPSA) is 50.8 Å². The zero-order valence-corrected chi connectivity index (χ0v) is 11.6. The molecule has 0 aromatic rings. The van der Waals surface area contributed by atoms with E-state index in [0.717, 1.165) is 26.0 Å². The lowest BCUT2D eigenvalue weighted by Gasteiger charge is -2.29. The average Bonchev–Trinajstić information content (AvgIpc) is 2.42. The lowest BCUT2D eigenvalue weighted by Crippen LogP contribution is -2.49. The Labute approximate surface area is 110 Å². The van der Waals surface area contributed by atoms with Crippen LogP contribution in [0.25, 0.3) is 0 Å². The van der Waals surface area contributed by atoms with Crippen molar-refractivity contribution in [2.75, 3.05) is 46.1 Å². The molecule has 5 nitrogen and oxygen atoms in total. The van der Waals surface area contributed by atoms with Gasteiger partial charge in [-0.1, -0.05) is 13.3 Å². The molecule has 0 bridgehead atoms.